The summed E-state index contributed by atoms with van der Waals surface area (Å²) >= 11 is 0. The molecule has 1 aromatic carbocycles. The molecule has 4 aliphatic heterocycles. The van der Waals surface area contributed by atoms with Gasteiger partial charge >= 0.3 is 0 Å². The third-order valence-corrected chi connectivity index (χ3v) is 6.56. The summed E-state index contributed by atoms with van der Waals surface area (Å²) in [7, 11) is 0. The van der Waals surface area contributed by atoms with Gasteiger partial charge in [-0.05, 0) is 37.9 Å². The van der Waals surface area contributed by atoms with E-state index in [1.54, 1.807) is 12.1 Å². The van der Waals surface area contributed by atoms with Gasteiger partial charge in [-0.25, -0.2) is 0 Å². The number of benzene rings is 1. The summed E-state index contributed by atoms with van der Waals surface area (Å²) in [6.07, 6.45) is 2.47. The van der Waals surface area contributed by atoms with E-state index in [9.17, 15) is 19.2 Å². The van der Waals surface area contributed by atoms with Gasteiger partial charge in [0.1, 0.15) is 6.04 Å². The van der Waals surface area contributed by atoms with Crippen molar-refractivity contribution in [1.82, 2.24) is 15.5 Å². The molecule has 5 rings (SSSR count). The minimum absolute atomic E-state index is 0.123. The molecule has 4 amide bonds. The van der Waals surface area contributed by atoms with Crippen LogP contribution in [0.4, 0.5) is 5.69 Å². The van der Waals surface area contributed by atoms with Crippen molar-refractivity contribution >= 4 is 29.3 Å². The first-order valence-corrected chi connectivity index (χ1v) is 9.79. The fourth-order valence-corrected chi connectivity index (χ4v) is 5.05. The lowest BCUT2D eigenvalue weighted by Crippen LogP contribution is -2.54. The number of nitrogens with zero attached hydrogens (tertiary/aromatic N) is 2. The number of hydrogen-bond donors (Lipinski definition) is 2. The zero-order valence-corrected chi connectivity index (χ0v) is 15.5. The van der Waals surface area contributed by atoms with Crippen LogP contribution < -0.4 is 15.5 Å². The maximum atomic E-state index is 13.2. The van der Waals surface area contributed by atoms with Crippen LogP contribution in [0.3, 0.4) is 0 Å². The molecule has 0 aliphatic carbocycles. The van der Waals surface area contributed by atoms with Gasteiger partial charge < -0.3 is 10.2 Å². The standard InChI is InChI=1S/C20H22N4O4/c25-15-5-4-14(17(26)22-15)24-18(27)12-2-1-3-13(16(12)19(24)28)23-9-7-20(11-23)6-8-21-10-20/h1-3,14,21H,4-11H2,(H,22,25,26). The number of amides is 4. The first-order chi connectivity index (χ1) is 13.5. The first kappa shape index (κ1) is 17.4. The van der Waals surface area contributed by atoms with Crippen molar-refractivity contribution in [2.24, 2.45) is 5.41 Å². The molecule has 4 aliphatic rings. The molecule has 1 aromatic rings. The number of imide groups is 2. The molecule has 2 atom stereocenters. The van der Waals surface area contributed by atoms with Crippen molar-refractivity contribution in [2.75, 3.05) is 31.1 Å². The van der Waals surface area contributed by atoms with Crippen molar-refractivity contribution in [3.05, 3.63) is 29.3 Å². The fourth-order valence-electron chi connectivity index (χ4n) is 5.05. The Morgan fingerprint density at radius 2 is 1.93 bits per heavy atom. The number of nitrogens with one attached hydrogen (secondary N) is 2. The molecule has 0 saturated carbocycles. The van der Waals surface area contributed by atoms with E-state index in [0.29, 0.717) is 11.1 Å². The molecule has 0 radical (unpaired) electrons. The van der Waals surface area contributed by atoms with E-state index in [4.69, 9.17) is 0 Å². The van der Waals surface area contributed by atoms with Crippen LogP contribution >= 0.6 is 0 Å². The average Bonchev–Trinajstić information content (AvgIpc) is 3.38. The minimum atomic E-state index is -0.929. The van der Waals surface area contributed by atoms with Gasteiger partial charge in [-0.1, -0.05) is 6.07 Å². The quantitative estimate of drug-likeness (QED) is 0.713. The highest BCUT2D eigenvalue weighted by molar-refractivity contribution is 6.25. The van der Waals surface area contributed by atoms with E-state index < -0.39 is 23.8 Å². The molecular weight excluding hydrogens is 360 g/mol. The van der Waals surface area contributed by atoms with Crippen LogP contribution in [0.25, 0.3) is 0 Å². The highest BCUT2D eigenvalue weighted by atomic mass is 16.2. The van der Waals surface area contributed by atoms with Gasteiger partial charge in [0.05, 0.1) is 16.8 Å². The molecule has 28 heavy (non-hydrogen) atoms. The predicted molar refractivity (Wildman–Crippen MR) is 99.9 cm³/mol. The monoisotopic (exact) mass is 382 g/mol. The lowest BCUT2D eigenvalue weighted by molar-refractivity contribution is -0.136. The SMILES string of the molecule is O=C1CCC(N2C(=O)c3cccc(N4CCC5(CCNC5)C4)c3C2=O)C(=O)N1. The summed E-state index contributed by atoms with van der Waals surface area (Å²) in [6.45, 7) is 3.70. The predicted octanol–water partition coefficient (Wildman–Crippen LogP) is 0.278. The van der Waals surface area contributed by atoms with Crippen molar-refractivity contribution in [1.29, 1.82) is 0 Å². The van der Waals surface area contributed by atoms with Gasteiger partial charge in [0.2, 0.25) is 11.8 Å². The minimum Gasteiger partial charge on any atom is -0.370 e. The van der Waals surface area contributed by atoms with E-state index >= 15 is 0 Å². The fraction of sp³-hybridized carbons (Fsp3) is 0.500. The molecule has 146 valence electrons. The molecule has 3 fully saturated rings. The second-order valence-electron chi connectivity index (χ2n) is 8.25. The van der Waals surface area contributed by atoms with Crippen LogP contribution in [0.15, 0.2) is 18.2 Å². The maximum absolute atomic E-state index is 13.2. The summed E-state index contributed by atoms with van der Waals surface area (Å²) in [5, 5.41) is 5.66. The summed E-state index contributed by atoms with van der Waals surface area (Å²) in [4.78, 5) is 53.1. The highest BCUT2D eigenvalue weighted by Crippen LogP contribution is 2.41. The Morgan fingerprint density at radius 1 is 1.07 bits per heavy atom. The number of fused-ring (bicyclic) bond motifs is 1. The van der Waals surface area contributed by atoms with E-state index in [1.165, 1.54) is 0 Å². The Labute approximate surface area is 162 Å². The maximum Gasteiger partial charge on any atom is 0.264 e. The van der Waals surface area contributed by atoms with E-state index in [2.05, 4.69) is 15.5 Å². The number of piperidine rings is 1. The zero-order chi connectivity index (χ0) is 19.5. The van der Waals surface area contributed by atoms with E-state index in [-0.39, 0.29) is 24.2 Å². The average molecular weight is 382 g/mol. The van der Waals surface area contributed by atoms with Crippen molar-refractivity contribution in [2.45, 2.75) is 31.7 Å². The molecule has 4 heterocycles. The summed E-state index contributed by atoms with van der Waals surface area (Å²) < 4.78 is 0. The van der Waals surface area contributed by atoms with E-state index in [1.807, 2.05) is 6.07 Å². The summed E-state index contributed by atoms with van der Waals surface area (Å²) in [6, 6.07) is 4.40. The largest absolute Gasteiger partial charge is 0.370 e. The number of carbonyl (C=O) groups excluding carboxylic acids is 4. The molecule has 8 nitrogen and oxygen atoms in total. The van der Waals surface area contributed by atoms with Gasteiger partial charge in [0.15, 0.2) is 0 Å². The van der Waals surface area contributed by atoms with Gasteiger partial charge in [-0.15, -0.1) is 0 Å². The van der Waals surface area contributed by atoms with Crippen LogP contribution in [0.1, 0.15) is 46.4 Å². The normalized spacial score (nSPS) is 29.8. The second-order valence-corrected chi connectivity index (χ2v) is 8.25. The van der Waals surface area contributed by atoms with Crippen LogP contribution in [0.2, 0.25) is 0 Å². The Hall–Kier alpha value is -2.74. The lowest BCUT2D eigenvalue weighted by Gasteiger charge is -2.28. The molecule has 2 N–H and O–H groups in total. The van der Waals surface area contributed by atoms with Crippen molar-refractivity contribution in [3.63, 3.8) is 0 Å². The van der Waals surface area contributed by atoms with Gasteiger partial charge in [-0.2, -0.15) is 0 Å². The van der Waals surface area contributed by atoms with Crippen molar-refractivity contribution < 1.29 is 19.2 Å². The summed E-state index contributed by atoms with van der Waals surface area (Å²) in [5.41, 5.74) is 1.74. The first-order valence-electron chi connectivity index (χ1n) is 9.79. The topological polar surface area (TPSA) is 98.8 Å². The molecule has 1 spiro atoms. The second kappa shape index (κ2) is 6.13. The molecule has 2 unspecified atom stereocenters. The third kappa shape index (κ3) is 2.47. The number of hydrogen-bond acceptors (Lipinski definition) is 6. The van der Waals surface area contributed by atoms with Crippen LogP contribution in [0.5, 0.6) is 0 Å². The molecule has 3 saturated heterocycles. The lowest BCUT2D eigenvalue weighted by atomic mass is 9.86. The molecule has 0 aromatic heterocycles. The van der Waals surface area contributed by atoms with Crippen molar-refractivity contribution in [3.8, 4) is 0 Å². The zero-order valence-electron chi connectivity index (χ0n) is 15.5. The molecule has 8 heteroatoms. The molecular formula is C20H22N4O4. The summed E-state index contributed by atoms with van der Waals surface area (Å²) in [5.74, 6) is -1.83. The van der Waals surface area contributed by atoms with Crippen LogP contribution in [0, 0.1) is 5.41 Å². The van der Waals surface area contributed by atoms with Crippen LogP contribution in [-0.2, 0) is 9.59 Å². The third-order valence-electron chi connectivity index (χ3n) is 6.56. The molecule has 0 bridgehead atoms. The Kier molecular flexibility index (Phi) is 3.80. The Bertz CT molecular complexity index is 905. The Balaban J connectivity index is 1.47. The smallest absolute Gasteiger partial charge is 0.264 e. The number of carbonyl (C=O) groups is 4. The van der Waals surface area contributed by atoms with E-state index in [0.717, 1.165) is 49.6 Å². The number of rotatable bonds is 2. The van der Waals surface area contributed by atoms with Crippen LogP contribution in [-0.4, -0.2) is 60.7 Å². The van der Waals surface area contributed by atoms with Gasteiger partial charge in [0.25, 0.3) is 11.8 Å². The highest BCUT2D eigenvalue weighted by Gasteiger charge is 2.47. The van der Waals surface area contributed by atoms with Gasteiger partial charge in [-0.3, -0.25) is 29.4 Å². The number of anilines is 1. The Morgan fingerprint density at radius 3 is 2.68 bits per heavy atom. The van der Waals surface area contributed by atoms with Gasteiger partial charge in [0, 0.05) is 31.5 Å².